The highest BCUT2D eigenvalue weighted by Crippen LogP contribution is 2.48. The lowest BCUT2D eigenvalue weighted by molar-refractivity contribution is 0.0449. The van der Waals surface area contributed by atoms with Gasteiger partial charge in [-0.25, -0.2) is 0 Å². The highest BCUT2D eigenvalue weighted by Gasteiger charge is 2.47. The van der Waals surface area contributed by atoms with Crippen molar-refractivity contribution in [3.8, 4) is 0 Å². The molecule has 4 rings (SSSR count). The average Bonchev–Trinajstić information content (AvgIpc) is 3.48. The van der Waals surface area contributed by atoms with Crippen LogP contribution in [-0.2, 0) is 0 Å². The maximum absolute atomic E-state index is 3.90. The normalized spacial score (nSPS) is 35.8. The largest absolute Gasteiger partial charge is 0.313 e. The third-order valence-corrected chi connectivity index (χ3v) is 6.68. The Morgan fingerprint density at radius 1 is 1.08 bits per heavy atom. The molecular formula is C21H33N3. The van der Waals surface area contributed by atoms with Gasteiger partial charge < -0.3 is 10.2 Å². The van der Waals surface area contributed by atoms with Gasteiger partial charge in [-0.1, -0.05) is 30.3 Å². The fraction of sp³-hybridized carbons (Fsp3) is 0.714. The van der Waals surface area contributed by atoms with Crippen LogP contribution >= 0.6 is 0 Å². The van der Waals surface area contributed by atoms with Gasteiger partial charge in [-0.2, -0.15) is 0 Å². The molecule has 3 fully saturated rings. The fourth-order valence-corrected chi connectivity index (χ4v) is 4.43. The second-order valence-electron chi connectivity index (χ2n) is 8.81. The van der Waals surface area contributed by atoms with Crippen molar-refractivity contribution in [1.29, 1.82) is 0 Å². The number of nitrogens with zero attached hydrogens (tertiary/aromatic N) is 2. The third kappa shape index (κ3) is 3.54. The van der Waals surface area contributed by atoms with E-state index in [2.05, 4.69) is 66.3 Å². The van der Waals surface area contributed by atoms with E-state index in [9.17, 15) is 0 Å². The molecule has 4 atom stereocenters. The smallest absolute Gasteiger partial charge is 0.0195 e. The van der Waals surface area contributed by atoms with E-state index in [1.54, 1.807) is 0 Å². The number of benzene rings is 1. The summed E-state index contributed by atoms with van der Waals surface area (Å²) in [6.07, 6.45) is 4.15. The zero-order chi connectivity index (χ0) is 16.7. The molecule has 0 unspecified atom stereocenters. The van der Waals surface area contributed by atoms with Gasteiger partial charge >= 0.3 is 0 Å². The van der Waals surface area contributed by atoms with Crippen molar-refractivity contribution in [3.63, 3.8) is 0 Å². The highest BCUT2D eigenvalue weighted by molar-refractivity contribution is 5.27. The first-order valence-electron chi connectivity index (χ1n) is 9.79. The van der Waals surface area contributed by atoms with E-state index < -0.39 is 0 Å². The Morgan fingerprint density at radius 2 is 1.83 bits per heavy atom. The number of likely N-dealkylation sites (N-methyl/N-ethyl adjacent to an activating group) is 1. The van der Waals surface area contributed by atoms with Crippen LogP contribution in [0.2, 0.25) is 0 Å². The van der Waals surface area contributed by atoms with Crippen molar-refractivity contribution in [2.24, 2.45) is 5.41 Å². The van der Waals surface area contributed by atoms with Gasteiger partial charge in [-0.3, -0.25) is 4.90 Å². The molecule has 132 valence electrons. The summed E-state index contributed by atoms with van der Waals surface area (Å²) >= 11 is 0. The Kier molecular flexibility index (Phi) is 4.44. The van der Waals surface area contributed by atoms with Crippen LogP contribution in [0, 0.1) is 5.41 Å². The summed E-state index contributed by atoms with van der Waals surface area (Å²) < 4.78 is 0. The van der Waals surface area contributed by atoms with E-state index in [1.807, 2.05) is 0 Å². The first-order valence-corrected chi connectivity index (χ1v) is 9.79. The summed E-state index contributed by atoms with van der Waals surface area (Å²) in [6, 6.07) is 13.1. The van der Waals surface area contributed by atoms with Crippen molar-refractivity contribution in [2.45, 2.75) is 57.2 Å². The first-order chi connectivity index (χ1) is 11.6. The van der Waals surface area contributed by atoms with Crippen LogP contribution in [0.3, 0.4) is 0 Å². The van der Waals surface area contributed by atoms with E-state index >= 15 is 0 Å². The van der Waals surface area contributed by atoms with Gasteiger partial charge in [0.15, 0.2) is 0 Å². The van der Waals surface area contributed by atoms with E-state index in [0.717, 1.165) is 5.92 Å². The Bertz CT molecular complexity index is 553. The first kappa shape index (κ1) is 16.6. The van der Waals surface area contributed by atoms with Crippen LogP contribution in [0.15, 0.2) is 30.3 Å². The number of piperazine rings is 1. The minimum Gasteiger partial charge on any atom is -0.313 e. The van der Waals surface area contributed by atoms with Gasteiger partial charge in [0, 0.05) is 50.2 Å². The Hall–Kier alpha value is -0.900. The van der Waals surface area contributed by atoms with Gasteiger partial charge in [-0.15, -0.1) is 0 Å². The lowest BCUT2D eigenvalue weighted by Gasteiger charge is -2.44. The summed E-state index contributed by atoms with van der Waals surface area (Å²) in [7, 11) is 2.27. The predicted molar refractivity (Wildman–Crippen MR) is 100 cm³/mol. The minimum absolute atomic E-state index is 0.563. The molecule has 0 bridgehead atoms. The maximum Gasteiger partial charge on any atom is 0.0195 e. The number of nitrogens with one attached hydrogen (secondary N) is 1. The van der Waals surface area contributed by atoms with Gasteiger partial charge in [-0.05, 0) is 51.1 Å². The van der Waals surface area contributed by atoms with Crippen LogP contribution in [0.4, 0.5) is 0 Å². The number of rotatable bonds is 6. The summed E-state index contributed by atoms with van der Waals surface area (Å²) in [5.74, 6) is 0.754. The maximum atomic E-state index is 3.90. The monoisotopic (exact) mass is 327 g/mol. The molecular weight excluding hydrogens is 294 g/mol. The molecule has 1 N–H and O–H groups in total. The number of hydrogen-bond donors (Lipinski definition) is 1. The van der Waals surface area contributed by atoms with Gasteiger partial charge in [0.25, 0.3) is 0 Å². The second kappa shape index (κ2) is 6.44. The molecule has 1 aliphatic heterocycles. The highest BCUT2D eigenvalue weighted by atomic mass is 15.3. The molecule has 2 aliphatic carbocycles. The van der Waals surface area contributed by atoms with Gasteiger partial charge in [0.1, 0.15) is 0 Å². The summed E-state index contributed by atoms with van der Waals surface area (Å²) in [6.45, 7) is 9.72. The molecule has 1 saturated heterocycles. The van der Waals surface area contributed by atoms with Crippen molar-refractivity contribution in [1.82, 2.24) is 15.1 Å². The molecule has 3 heteroatoms. The molecule has 3 aliphatic rings. The molecule has 24 heavy (non-hydrogen) atoms. The van der Waals surface area contributed by atoms with Crippen LogP contribution in [-0.4, -0.2) is 61.2 Å². The molecule has 0 amide bonds. The Balaban J connectivity index is 1.27. The zero-order valence-corrected chi connectivity index (χ0v) is 15.5. The van der Waals surface area contributed by atoms with Crippen molar-refractivity contribution >= 4 is 0 Å². The lowest BCUT2D eigenvalue weighted by atomic mass is 10.0. The quantitative estimate of drug-likeness (QED) is 0.867. The summed E-state index contributed by atoms with van der Waals surface area (Å²) in [5.41, 5.74) is 2.08. The third-order valence-electron chi connectivity index (χ3n) is 6.68. The second-order valence-corrected chi connectivity index (χ2v) is 8.81. The molecule has 1 aromatic carbocycles. The van der Waals surface area contributed by atoms with Crippen LogP contribution in [0.1, 0.15) is 44.6 Å². The standard InChI is InChI=1S/C21H33N3/c1-16-13-24(17(2)12-23(16)3)15-21(9-10-21)14-22-20-11-19(20)18-7-5-4-6-8-18/h4-8,16-17,19-20,22H,9-15H2,1-3H3/t16-,17+,19-,20+/m1/s1. The van der Waals surface area contributed by atoms with E-state index in [4.69, 9.17) is 0 Å². The summed E-state index contributed by atoms with van der Waals surface area (Å²) in [5, 5.41) is 3.90. The molecule has 1 aromatic rings. The predicted octanol–water partition coefficient (Wildman–Crippen LogP) is 2.94. The van der Waals surface area contributed by atoms with Crippen molar-refractivity contribution in [2.75, 3.05) is 33.2 Å². The molecule has 3 nitrogen and oxygen atoms in total. The lowest BCUT2D eigenvalue weighted by Crippen LogP contribution is -2.56. The average molecular weight is 328 g/mol. The van der Waals surface area contributed by atoms with Gasteiger partial charge in [0.05, 0.1) is 0 Å². The van der Waals surface area contributed by atoms with Crippen molar-refractivity contribution in [3.05, 3.63) is 35.9 Å². The van der Waals surface area contributed by atoms with Crippen LogP contribution in [0.5, 0.6) is 0 Å². The van der Waals surface area contributed by atoms with Gasteiger partial charge in [0.2, 0.25) is 0 Å². The topological polar surface area (TPSA) is 18.5 Å². The molecule has 2 saturated carbocycles. The molecule has 0 spiro atoms. The van der Waals surface area contributed by atoms with E-state index in [-0.39, 0.29) is 0 Å². The molecule has 1 heterocycles. The summed E-state index contributed by atoms with van der Waals surface area (Å²) in [4.78, 5) is 5.26. The zero-order valence-electron chi connectivity index (χ0n) is 15.5. The van der Waals surface area contributed by atoms with E-state index in [1.165, 1.54) is 51.0 Å². The number of hydrogen-bond acceptors (Lipinski definition) is 3. The Labute approximate surface area is 147 Å². The van der Waals surface area contributed by atoms with Crippen LogP contribution < -0.4 is 5.32 Å². The van der Waals surface area contributed by atoms with Crippen molar-refractivity contribution < 1.29 is 0 Å². The fourth-order valence-electron chi connectivity index (χ4n) is 4.43. The van der Waals surface area contributed by atoms with Crippen LogP contribution in [0.25, 0.3) is 0 Å². The minimum atomic E-state index is 0.563. The van der Waals surface area contributed by atoms with E-state index in [0.29, 0.717) is 23.5 Å². The molecule has 0 aromatic heterocycles. The Morgan fingerprint density at radius 3 is 2.54 bits per heavy atom. The SMILES string of the molecule is C[C@@H]1CN(CC2(CN[C@H]3C[C@@H]3c3ccccc3)CC2)[C@@H](C)CN1C. The molecule has 0 radical (unpaired) electrons.